The Morgan fingerprint density at radius 2 is 2.00 bits per heavy atom. The highest BCUT2D eigenvalue weighted by Crippen LogP contribution is 2.61. The van der Waals surface area contributed by atoms with Crippen LogP contribution in [-0.4, -0.2) is 29.2 Å². The average molecular weight is 315 g/mol. The minimum absolute atomic E-state index is 0.419. The van der Waals surface area contributed by atoms with Gasteiger partial charge in [0.2, 0.25) is 0 Å². The molecule has 1 unspecified atom stereocenters. The monoisotopic (exact) mass is 315 g/mol. The third-order valence-electron chi connectivity index (χ3n) is 2.98. The Morgan fingerprint density at radius 3 is 2.60 bits per heavy atom. The number of carbonyl (C=O) groups is 1. The lowest BCUT2D eigenvalue weighted by molar-refractivity contribution is 0.266. The Kier molecular flexibility index (Phi) is 4.78. The van der Waals surface area contributed by atoms with Crippen molar-refractivity contribution in [1.29, 1.82) is 0 Å². The van der Waals surface area contributed by atoms with E-state index in [1.165, 1.54) is 0 Å². The number of nitrogens with zero attached hydrogens (tertiary/aromatic N) is 1. The average Bonchev–Trinajstić information content (AvgIpc) is 2.42. The first-order chi connectivity index (χ1) is 9.55. The molecule has 0 radical (unpaired) electrons. The fourth-order valence-corrected chi connectivity index (χ4v) is 5.38. The number of fused-ring (bicyclic) bond motifs is 1. The summed E-state index contributed by atoms with van der Waals surface area (Å²) in [5.41, 5.74) is 0. The molecule has 1 aromatic rings. The van der Waals surface area contributed by atoms with Crippen LogP contribution in [0.1, 0.15) is 20.8 Å². The lowest BCUT2D eigenvalue weighted by Crippen LogP contribution is -2.27. The highest BCUT2D eigenvalue weighted by atomic mass is 32.2. The van der Waals surface area contributed by atoms with Gasteiger partial charge in [0.15, 0.2) is 0 Å². The van der Waals surface area contributed by atoms with Gasteiger partial charge in [-0.15, -0.1) is 0 Å². The Labute approximate surface area is 123 Å². The third-order valence-corrected chi connectivity index (χ3v) is 6.89. The summed E-state index contributed by atoms with van der Waals surface area (Å²) >= 11 is 0.980. The molecule has 1 aliphatic rings. The van der Waals surface area contributed by atoms with Crippen molar-refractivity contribution in [3.8, 4) is 11.5 Å². The highest BCUT2D eigenvalue weighted by Gasteiger charge is 2.44. The number of thioether (sulfide) groups is 1. The van der Waals surface area contributed by atoms with Crippen LogP contribution in [0.2, 0.25) is 0 Å². The van der Waals surface area contributed by atoms with Crippen molar-refractivity contribution in [1.82, 2.24) is 4.67 Å². The second-order valence-corrected chi connectivity index (χ2v) is 7.67. The van der Waals surface area contributed by atoms with E-state index >= 15 is 0 Å². The van der Waals surface area contributed by atoms with Gasteiger partial charge in [-0.1, -0.05) is 13.8 Å². The van der Waals surface area contributed by atoms with Crippen molar-refractivity contribution in [2.24, 2.45) is 0 Å². The molecule has 0 saturated heterocycles. The third kappa shape index (κ3) is 2.73. The maximum absolute atomic E-state index is 12.9. The molecule has 7 heteroatoms. The van der Waals surface area contributed by atoms with Crippen LogP contribution in [0.4, 0.5) is 4.79 Å². The molecule has 1 aromatic carbocycles. The predicted octanol–water partition coefficient (Wildman–Crippen LogP) is 4.22. The van der Waals surface area contributed by atoms with Crippen LogP contribution in [0.3, 0.4) is 0 Å². The van der Waals surface area contributed by atoms with E-state index in [1.54, 1.807) is 22.9 Å². The minimum atomic E-state index is -3.48. The number of rotatable bonds is 5. The molecule has 0 saturated carbocycles. The summed E-state index contributed by atoms with van der Waals surface area (Å²) in [7, 11) is -3.48. The molecule has 0 amide bonds. The molecule has 1 atom stereocenters. The lowest BCUT2D eigenvalue weighted by atomic mass is 10.3. The lowest BCUT2D eigenvalue weighted by Gasteiger charge is -2.31. The van der Waals surface area contributed by atoms with Gasteiger partial charge < -0.3 is 9.26 Å². The smallest absolute Gasteiger partial charge is 0.396 e. The maximum atomic E-state index is 12.9. The molecule has 1 heterocycles. The molecular formula is C13H18NO4PS. The van der Waals surface area contributed by atoms with Gasteiger partial charge in [0.1, 0.15) is 11.5 Å². The van der Waals surface area contributed by atoms with E-state index in [9.17, 15) is 9.36 Å². The Morgan fingerprint density at radius 1 is 1.30 bits per heavy atom. The van der Waals surface area contributed by atoms with Crippen LogP contribution in [-0.2, 0) is 4.57 Å². The Balaban J connectivity index is 2.37. The first-order valence-electron chi connectivity index (χ1n) is 6.59. The molecule has 5 nitrogen and oxygen atoms in total. The van der Waals surface area contributed by atoms with E-state index in [0.29, 0.717) is 36.1 Å². The fourth-order valence-electron chi connectivity index (χ4n) is 1.99. The van der Waals surface area contributed by atoms with Gasteiger partial charge in [-0.25, -0.2) is 4.67 Å². The van der Waals surface area contributed by atoms with E-state index in [2.05, 4.69) is 0 Å². The van der Waals surface area contributed by atoms with E-state index in [1.807, 2.05) is 20.8 Å². The van der Waals surface area contributed by atoms with Gasteiger partial charge in [-0.05, 0) is 30.8 Å². The largest absolute Gasteiger partial charge is 0.494 e. The molecular weight excluding hydrogens is 297 g/mol. The van der Waals surface area contributed by atoms with Gasteiger partial charge in [-0.3, -0.25) is 9.36 Å². The number of hydrogen-bond acceptors (Lipinski definition) is 5. The highest BCUT2D eigenvalue weighted by molar-refractivity contribution is 8.26. The molecule has 0 bridgehead atoms. The zero-order valence-electron chi connectivity index (χ0n) is 11.8. The summed E-state index contributed by atoms with van der Waals surface area (Å²) in [5.74, 6) is 1.10. The van der Waals surface area contributed by atoms with Crippen molar-refractivity contribution in [3.63, 3.8) is 0 Å². The van der Waals surface area contributed by atoms with Crippen molar-refractivity contribution < 1.29 is 18.6 Å². The molecule has 0 aromatic heterocycles. The molecule has 0 aliphatic carbocycles. The van der Waals surface area contributed by atoms with Crippen molar-refractivity contribution in [3.05, 3.63) is 18.2 Å². The molecule has 1 aliphatic heterocycles. The predicted molar refractivity (Wildman–Crippen MR) is 80.0 cm³/mol. The molecule has 110 valence electrons. The summed E-state index contributed by atoms with van der Waals surface area (Å²) in [6, 6.07) is 5.22. The molecule has 0 fully saturated rings. The van der Waals surface area contributed by atoms with Crippen LogP contribution in [0.15, 0.2) is 23.1 Å². The van der Waals surface area contributed by atoms with E-state index in [0.717, 1.165) is 11.8 Å². The van der Waals surface area contributed by atoms with E-state index in [-0.39, 0.29) is 0 Å². The number of ether oxygens (including phenoxy) is 1. The number of hydrogen-bond donors (Lipinski definition) is 0. The summed E-state index contributed by atoms with van der Waals surface area (Å²) < 4.78 is 25.4. The first-order valence-corrected chi connectivity index (χ1v) is 8.98. The Hall–Kier alpha value is -0.970. The van der Waals surface area contributed by atoms with Crippen LogP contribution in [0.25, 0.3) is 0 Å². The van der Waals surface area contributed by atoms with Gasteiger partial charge in [-0.2, -0.15) is 0 Å². The van der Waals surface area contributed by atoms with Crippen molar-refractivity contribution >= 4 is 24.1 Å². The van der Waals surface area contributed by atoms with Crippen LogP contribution in [0, 0.1) is 0 Å². The standard InChI is InChI=1S/C13H18NO4PS/c1-4-14(5-2)19(16)13(15)20-12-8-7-10(17-6-3)9-11(12)18-19/h7-9H,4-6H2,1-3H3. The van der Waals surface area contributed by atoms with Gasteiger partial charge >= 0.3 is 12.4 Å². The maximum Gasteiger partial charge on any atom is 0.396 e. The molecule has 0 spiro atoms. The molecule has 20 heavy (non-hydrogen) atoms. The van der Waals surface area contributed by atoms with Crippen LogP contribution >= 0.6 is 19.3 Å². The number of carbonyl (C=O) groups excluding carboxylic acids is 1. The van der Waals surface area contributed by atoms with Crippen LogP contribution < -0.4 is 9.26 Å². The van der Waals surface area contributed by atoms with Crippen molar-refractivity contribution in [2.45, 2.75) is 25.7 Å². The zero-order valence-corrected chi connectivity index (χ0v) is 13.5. The van der Waals surface area contributed by atoms with Gasteiger partial charge in [0.05, 0.1) is 11.5 Å². The summed E-state index contributed by atoms with van der Waals surface area (Å²) in [4.78, 5) is 12.4. The molecule has 0 N–H and O–H groups in total. The van der Waals surface area contributed by atoms with Gasteiger partial charge in [0.25, 0.3) is 0 Å². The van der Waals surface area contributed by atoms with Gasteiger partial charge in [0, 0.05) is 19.2 Å². The first kappa shape index (κ1) is 15.4. The minimum Gasteiger partial charge on any atom is -0.494 e. The summed E-state index contributed by atoms with van der Waals surface area (Å²) in [6.07, 6.45) is 0. The zero-order chi connectivity index (χ0) is 14.8. The quantitative estimate of drug-likeness (QED) is 0.758. The topological polar surface area (TPSA) is 55.8 Å². The van der Waals surface area contributed by atoms with E-state index < -0.39 is 12.4 Å². The summed E-state index contributed by atoms with van der Waals surface area (Å²) in [6.45, 7) is 7.15. The number of benzene rings is 1. The molecule has 2 rings (SSSR count). The Bertz CT molecular complexity index is 559. The summed E-state index contributed by atoms with van der Waals surface area (Å²) in [5, 5.41) is 0. The van der Waals surface area contributed by atoms with Crippen LogP contribution in [0.5, 0.6) is 11.5 Å². The second-order valence-electron chi connectivity index (χ2n) is 4.16. The second kappa shape index (κ2) is 6.20. The van der Waals surface area contributed by atoms with E-state index in [4.69, 9.17) is 9.26 Å². The fraction of sp³-hybridized carbons (Fsp3) is 0.462. The normalized spacial score (nSPS) is 21.5. The van der Waals surface area contributed by atoms with Crippen molar-refractivity contribution in [2.75, 3.05) is 19.7 Å². The SMILES string of the molecule is CCOc1ccc2c(c1)OP(=O)(N(CC)CC)C(=O)S2.